The first-order chi connectivity index (χ1) is 9.56. The first-order valence-corrected chi connectivity index (χ1v) is 7.50. The molecule has 0 radical (unpaired) electrons. The molecule has 1 aromatic rings. The van der Waals surface area contributed by atoms with Gasteiger partial charge in [-0.15, -0.1) is 17.5 Å². The molecule has 2 rings (SSSR count). The number of halogens is 1. The van der Waals surface area contributed by atoms with Gasteiger partial charge in [0.15, 0.2) is 5.69 Å². The molecule has 1 aliphatic heterocycles. The highest BCUT2D eigenvalue weighted by Gasteiger charge is 2.23. The third-order valence-electron chi connectivity index (χ3n) is 3.79. The monoisotopic (exact) mass is 315 g/mol. The summed E-state index contributed by atoms with van der Waals surface area (Å²) in [6.07, 6.45) is 4.88. The van der Waals surface area contributed by atoms with Crippen molar-refractivity contribution in [1.29, 1.82) is 0 Å². The van der Waals surface area contributed by atoms with Crippen LogP contribution in [0.3, 0.4) is 0 Å². The van der Waals surface area contributed by atoms with E-state index in [0.29, 0.717) is 17.7 Å². The fraction of sp³-hybridized carbons (Fsp3) is 0.786. The Hall–Kier alpha value is -1.14. The summed E-state index contributed by atoms with van der Waals surface area (Å²) >= 11 is 0. The van der Waals surface area contributed by atoms with Crippen molar-refractivity contribution in [2.45, 2.75) is 58.7 Å². The van der Waals surface area contributed by atoms with Crippen LogP contribution >= 0.6 is 12.4 Å². The quantitative estimate of drug-likeness (QED) is 0.866. The molecule has 1 fully saturated rings. The molecule has 0 bridgehead atoms. The Bertz CT molecular complexity index is 448. The van der Waals surface area contributed by atoms with Gasteiger partial charge in [-0.1, -0.05) is 19.1 Å². The van der Waals surface area contributed by atoms with Gasteiger partial charge in [-0.25, -0.2) is 0 Å². The summed E-state index contributed by atoms with van der Waals surface area (Å²) in [4.78, 5) is 12.2. The van der Waals surface area contributed by atoms with Gasteiger partial charge in [-0.2, -0.15) is 0 Å². The molecule has 0 spiro atoms. The second kappa shape index (κ2) is 8.34. The smallest absolute Gasteiger partial charge is 0.273 e. The predicted molar refractivity (Wildman–Crippen MR) is 84.7 cm³/mol. The number of rotatable bonds is 5. The molecule has 1 aromatic heterocycles. The minimum Gasteiger partial charge on any atom is -0.346 e. The molecule has 2 unspecified atom stereocenters. The van der Waals surface area contributed by atoms with Crippen LogP contribution in [0.5, 0.6) is 0 Å². The van der Waals surface area contributed by atoms with Crippen molar-refractivity contribution < 1.29 is 4.79 Å². The average Bonchev–Trinajstić information content (AvgIpc) is 2.88. The third-order valence-corrected chi connectivity index (χ3v) is 3.79. The number of piperidine rings is 1. The number of hydrogen-bond acceptors (Lipinski definition) is 4. The summed E-state index contributed by atoms with van der Waals surface area (Å²) in [7, 11) is 0. The van der Waals surface area contributed by atoms with Crippen LogP contribution in [-0.2, 0) is 6.54 Å². The van der Waals surface area contributed by atoms with Crippen LogP contribution in [0.15, 0.2) is 6.20 Å². The highest BCUT2D eigenvalue weighted by molar-refractivity contribution is 5.92. The van der Waals surface area contributed by atoms with Crippen molar-refractivity contribution >= 4 is 18.3 Å². The number of nitrogens with zero attached hydrogens (tertiary/aromatic N) is 3. The SMILES string of the molecule is CC(C)CCn1cc(C(=O)NC2CCCNC2C)nn1.Cl. The summed E-state index contributed by atoms with van der Waals surface area (Å²) in [5, 5.41) is 14.4. The van der Waals surface area contributed by atoms with Gasteiger partial charge in [0.05, 0.1) is 6.20 Å². The summed E-state index contributed by atoms with van der Waals surface area (Å²) in [5.74, 6) is 0.493. The van der Waals surface area contributed by atoms with E-state index >= 15 is 0 Å². The fourth-order valence-corrected chi connectivity index (χ4v) is 2.39. The number of carbonyl (C=O) groups excluding carboxylic acids is 1. The molecular weight excluding hydrogens is 290 g/mol. The van der Waals surface area contributed by atoms with E-state index < -0.39 is 0 Å². The van der Waals surface area contributed by atoms with Gasteiger partial charge in [0, 0.05) is 18.6 Å². The molecule has 21 heavy (non-hydrogen) atoms. The summed E-state index contributed by atoms with van der Waals surface area (Å²) < 4.78 is 1.75. The summed E-state index contributed by atoms with van der Waals surface area (Å²) in [6, 6.07) is 0.487. The number of hydrogen-bond donors (Lipinski definition) is 2. The highest BCUT2D eigenvalue weighted by Crippen LogP contribution is 2.09. The van der Waals surface area contributed by atoms with E-state index in [4.69, 9.17) is 0 Å². The van der Waals surface area contributed by atoms with Crippen molar-refractivity contribution in [3.63, 3.8) is 0 Å². The van der Waals surface area contributed by atoms with Gasteiger partial charge in [-0.3, -0.25) is 9.48 Å². The average molecular weight is 316 g/mol. The first-order valence-electron chi connectivity index (χ1n) is 7.50. The van der Waals surface area contributed by atoms with Crippen molar-refractivity contribution in [1.82, 2.24) is 25.6 Å². The zero-order valence-corrected chi connectivity index (χ0v) is 13.8. The van der Waals surface area contributed by atoms with Gasteiger partial charge >= 0.3 is 0 Å². The standard InChI is InChI=1S/C14H25N5O.ClH/c1-10(2)6-8-19-9-13(17-18-19)14(20)16-12-5-4-7-15-11(12)3;/h9-12,15H,4-8H2,1-3H3,(H,16,20);1H. The minimum absolute atomic E-state index is 0. The van der Waals surface area contributed by atoms with Gasteiger partial charge in [-0.05, 0) is 38.6 Å². The molecule has 6 nitrogen and oxygen atoms in total. The molecule has 0 saturated carbocycles. The Kier molecular flexibility index (Phi) is 7.11. The van der Waals surface area contributed by atoms with Gasteiger partial charge < -0.3 is 10.6 Å². The molecule has 2 heterocycles. The maximum Gasteiger partial charge on any atom is 0.273 e. The molecule has 1 aliphatic rings. The largest absolute Gasteiger partial charge is 0.346 e. The Labute approximate surface area is 132 Å². The maximum atomic E-state index is 12.2. The molecule has 120 valence electrons. The van der Waals surface area contributed by atoms with Crippen LogP contribution in [0.4, 0.5) is 0 Å². The lowest BCUT2D eigenvalue weighted by Crippen LogP contribution is -2.51. The normalized spacial score (nSPS) is 21.9. The Morgan fingerprint density at radius 3 is 3.00 bits per heavy atom. The molecule has 2 atom stereocenters. The van der Waals surface area contributed by atoms with E-state index in [1.807, 2.05) is 0 Å². The number of aromatic nitrogens is 3. The predicted octanol–water partition coefficient (Wildman–Crippen LogP) is 1.62. The topological polar surface area (TPSA) is 71.8 Å². The van der Waals surface area contributed by atoms with Crippen LogP contribution in [0.25, 0.3) is 0 Å². The zero-order chi connectivity index (χ0) is 14.5. The van der Waals surface area contributed by atoms with Crippen LogP contribution < -0.4 is 10.6 Å². The van der Waals surface area contributed by atoms with Crippen molar-refractivity contribution in [2.75, 3.05) is 6.54 Å². The number of amides is 1. The second-order valence-corrected chi connectivity index (χ2v) is 6.01. The molecule has 0 aromatic carbocycles. The third kappa shape index (κ3) is 5.28. The van der Waals surface area contributed by atoms with Crippen LogP contribution in [-0.4, -0.2) is 39.5 Å². The van der Waals surface area contributed by atoms with E-state index in [-0.39, 0.29) is 24.4 Å². The molecule has 1 saturated heterocycles. The van der Waals surface area contributed by atoms with E-state index in [1.165, 1.54) is 0 Å². The van der Waals surface area contributed by atoms with Gasteiger partial charge in [0.2, 0.25) is 0 Å². The number of carbonyl (C=O) groups is 1. The Morgan fingerprint density at radius 2 is 2.33 bits per heavy atom. The van der Waals surface area contributed by atoms with Gasteiger partial charge in [0.25, 0.3) is 5.91 Å². The first kappa shape index (κ1) is 17.9. The lowest BCUT2D eigenvalue weighted by Gasteiger charge is -2.30. The minimum atomic E-state index is -0.124. The number of nitrogens with one attached hydrogen (secondary N) is 2. The Balaban J connectivity index is 0.00000220. The number of aryl methyl sites for hydroxylation is 1. The maximum absolute atomic E-state index is 12.2. The van der Waals surface area contributed by atoms with Crippen molar-refractivity contribution in [3.05, 3.63) is 11.9 Å². The van der Waals surface area contributed by atoms with Crippen LogP contribution in [0.1, 0.15) is 50.5 Å². The van der Waals surface area contributed by atoms with Crippen LogP contribution in [0.2, 0.25) is 0 Å². The van der Waals surface area contributed by atoms with E-state index in [9.17, 15) is 4.79 Å². The van der Waals surface area contributed by atoms with Crippen molar-refractivity contribution in [3.8, 4) is 0 Å². The molecular formula is C14H26ClN5O. The molecule has 2 N–H and O–H groups in total. The van der Waals surface area contributed by atoms with E-state index in [2.05, 4.69) is 41.7 Å². The van der Waals surface area contributed by atoms with E-state index in [1.54, 1.807) is 10.9 Å². The molecule has 7 heteroatoms. The molecule has 1 amide bonds. The lowest BCUT2D eigenvalue weighted by molar-refractivity contribution is 0.0914. The zero-order valence-electron chi connectivity index (χ0n) is 13.0. The summed E-state index contributed by atoms with van der Waals surface area (Å²) in [6.45, 7) is 8.27. The summed E-state index contributed by atoms with van der Waals surface area (Å²) in [5.41, 5.74) is 0.409. The molecule has 0 aliphatic carbocycles. The second-order valence-electron chi connectivity index (χ2n) is 6.01. The van der Waals surface area contributed by atoms with Crippen molar-refractivity contribution in [2.24, 2.45) is 5.92 Å². The lowest BCUT2D eigenvalue weighted by atomic mass is 10.00. The highest BCUT2D eigenvalue weighted by atomic mass is 35.5. The van der Waals surface area contributed by atoms with E-state index in [0.717, 1.165) is 32.4 Å². The van der Waals surface area contributed by atoms with Gasteiger partial charge in [0.1, 0.15) is 0 Å². The Morgan fingerprint density at radius 1 is 1.57 bits per heavy atom. The van der Waals surface area contributed by atoms with Crippen LogP contribution in [0, 0.1) is 5.92 Å². The fourth-order valence-electron chi connectivity index (χ4n) is 2.39.